The zero-order valence-corrected chi connectivity index (χ0v) is 35.5. The lowest BCUT2D eigenvalue weighted by Gasteiger charge is -2.40. The number of nitrogens with one attached hydrogen (secondary N) is 2. The van der Waals surface area contributed by atoms with Gasteiger partial charge in [-0.25, -0.2) is 23.1 Å². The van der Waals surface area contributed by atoms with E-state index in [1.807, 2.05) is 38.1 Å². The molecule has 5 aromatic rings. The Kier molecular flexibility index (Phi) is 11.3. The van der Waals surface area contributed by atoms with Gasteiger partial charge in [0.1, 0.15) is 17.4 Å². The van der Waals surface area contributed by atoms with Gasteiger partial charge in [0.25, 0.3) is 12.3 Å². The second-order valence-electron chi connectivity index (χ2n) is 17.6. The molecule has 3 aliphatic heterocycles. The molecule has 1 aromatic carbocycles. The number of imidazole rings is 1. The SMILES string of the molecule is C[C@H]1CN(c2ccn3ncc(C(=O)Nc4cn([C@H]5CC[C@H](CN(C)C6CCN(c7cccc8c7n(C)c(=O)n8C7CCC(=O)NC7=O)CC6)CC5)nc4C(F)F)c3n2)C[C@H](C)O1. The highest BCUT2D eigenvalue weighted by molar-refractivity contribution is 6.08. The maximum atomic E-state index is 14.4. The third kappa shape index (κ3) is 7.95. The second-order valence-corrected chi connectivity index (χ2v) is 17.6. The van der Waals surface area contributed by atoms with Crippen molar-refractivity contribution in [2.75, 3.05) is 54.9 Å². The number of rotatable bonds is 10. The van der Waals surface area contributed by atoms with E-state index in [2.05, 4.69) is 42.6 Å². The van der Waals surface area contributed by atoms with Crippen LogP contribution < -0.4 is 26.1 Å². The number of aryl methyl sites for hydroxylation is 1. The molecule has 62 heavy (non-hydrogen) atoms. The monoisotopic (exact) mass is 856 g/mol. The van der Waals surface area contributed by atoms with Crippen LogP contribution in [0, 0.1) is 5.92 Å². The molecular formula is C43H54F2N12O5. The first kappa shape index (κ1) is 41.7. The Bertz CT molecular complexity index is 2540. The van der Waals surface area contributed by atoms with Gasteiger partial charge < -0.3 is 24.8 Å². The normalized spacial score (nSPS) is 24.2. The fraction of sp³-hybridized carbons (Fsp3) is 0.558. The quantitative estimate of drug-likeness (QED) is 0.187. The molecule has 9 rings (SSSR count). The van der Waals surface area contributed by atoms with E-state index in [1.165, 1.54) is 21.5 Å². The number of imide groups is 1. The number of carbonyl (C=O) groups excluding carboxylic acids is 3. The number of alkyl halides is 2. The fourth-order valence-electron chi connectivity index (χ4n) is 10.2. The van der Waals surface area contributed by atoms with E-state index in [9.17, 15) is 28.0 Å². The van der Waals surface area contributed by atoms with Gasteiger partial charge in [-0.1, -0.05) is 6.07 Å². The number of carbonyl (C=O) groups is 3. The Morgan fingerprint density at radius 2 is 1.74 bits per heavy atom. The summed E-state index contributed by atoms with van der Waals surface area (Å²) in [5.74, 6) is -0.215. The first-order valence-electron chi connectivity index (χ1n) is 21.7. The highest BCUT2D eigenvalue weighted by atomic mass is 19.3. The van der Waals surface area contributed by atoms with Crippen LogP contribution in [0.5, 0.6) is 0 Å². The van der Waals surface area contributed by atoms with Crippen LogP contribution in [0.2, 0.25) is 0 Å². The molecule has 3 amide bonds. The Morgan fingerprint density at radius 3 is 2.45 bits per heavy atom. The van der Waals surface area contributed by atoms with Crippen molar-refractivity contribution in [1.82, 2.24) is 43.7 Å². The van der Waals surface area contributed by atoms with Crippen LogP contribution in [-0.2, 0) is 21.4 Å². The minimum absolute atomic E-state index is 0.0186. The summed E-state index contributed by atoms with van der Waals surface area (Å²) in [6.07, 6.45) is 7.64. The zero-order chi connectivity index (χ0) is 43.4. The molecular weight excluding hydrogens is 803 g/mol. The molecule has 4 aliphatic rings. The molecule has 3 saturated heterocycles. The largest absolute Gasteiger partial charge is 0.372 e. The van der Waals surface area contributed by atoms with E-state index in [0.29, 0.717) is 42.0 Å². The van der Waals surface area contributed by atoms with E-state index in [0.717, 1.165) is 69.4 Å². The molecule has 7 heterocycles. The summed E-state index contributed by atoms with van der Waals surface area (Å²) >= 11 is 0. The maximum absolute atomic E-state index is 14.4. The van der Waals surface area contributed by atoms with Gasteiger partial charge in [-0.05, 0) is 90.0 Å². The summed E-state index contributed by atoms with van der Waals surface area (Å²) in [6, 6.07) is 7.24. The number of hydrogen-bond acceptors (Lipinski definition) is 11. The summed E-state index contributed by atoms with van der Waals surface area (Å²) in [5, 5.41) is 13.7. The predicted molar refractivity (Wildman–Crippen MR) is 228 cm³/mol. The fourth-order valence-corrected chi connectivity index (χ4v) is 10.2. The number of benzene rings is 1. The molecule has 1 saturated carbocycles. The van der Waals surface area contributed by atoms with E-state index >= 15 is 0 Å². The number of amides is 3. The number of piperidine rings is 2. The van der Waals surface area contributed by atoms with Gasteiger partial charge in [0, 0.05) is 64.6 Å². The Hall–Kier alpha value is -5.69. The molecule has 4 fully saturated rings. The van der Waals surface area contributed by atoms with Crippen molar-refractivity contribution in [3.05, 3.63) is 64.6 Å². The average Bonchev–Trinajstić information content (AvgIpc) is 3.95. The minimum atomic E-state index is -2.87. The molecule has 3 atom stereocenters. The van der Waals surface area contributed by atoms with Gasteiger partial charge in [0.05, 0.1) is 46.9 Å². The van der Waals surface area contributed by atoms with Crippen molar-refractivity contribution in [2.24, 2.45) is 13.0 Å². The molecule has 17 nitrogen and oxygen atoms in total. The highest BCUT2D eigenvalue weighted by Gasteiger charge is 2.34. The number of aromatic nitrogens is 7. The summed E-state index contributed by atoms with van der Waals surface area (Å²) < 4.78 is 40.8. The molecule has 0 radical (unpaired) electrons. The Balaban J connectivity index is 0.802. The first-order chi connectivity index (χ1) is 29.8. The van der Waals surface area contributed by atoms with Crippen molar-refractivity contribution in [3.8, 4) is 0 Å². The number of hydrogen-bond donors (Lipinski definition) is 2. The van der Waals surface area contributed by atoms with Crippen LogP contribution >= 0.6 is 0 Å². The molecule has 0 spiro atoms. The van der Waals surface area contributed by atoms with Gasteiger partial charge in [-0.3, -0.25) is 33.5 Å². The molecule has 1 aliphatic carbocycles. The number of morpholine rings is 1. The molecule has 330 valence electrons. The van der Waals surface area contributed by atoms with Gasteiger partial charge in [0.2, 0.25) is 11.8 Å². The van der Waals surface area contributed by atoms with Crippen LogP contribution in [0.25, 0.3) is 16.7 Å². The Morgan fingerprint density at radius 1 is 1.00 bits per heavy atom. The molecule has 4 aromatic heterocycles. The highest BCUT2D eigenvalue weighted by Crippen LogP contribution is 2.37. The summed E-state index contributed by atoms with van der Waals surface area (Å²) in [5.41, 5.74) is 2.18. The van der Waals surface area contributed by atoms with Gasteiger partial charge in [-0.15, -0.1) is 0 Å². The van der Waals surface area contributed by atoms with Crippen LogP contribution in [-0.4, -0.2) is 114 Å². The zero-order valence-electron chi connectivity index (χ0n) is 35.5. The lowest BCUT2D eigenvalue weighted by Crippen LogP contribution is -2.45. The first-order valence-corrected chi connectivity index (χ1v) is 21.7. The Labute approximate surface area is 357 Å². The number of nitrogens with zero attached hydrogens (tertiary/aromatic N) is 10. The molecule has 1 unspecified atom stereocenters. The van der Waals surface area contributed by atoms with Crippen molar-refractivity contribution in [3.63, 3.8) is 0 Å². The average molecular weight is 857 g/mol. The summed E-state index contributed by atoms with van der Waals surface area (Å²) in [7, 11) is 3.91. The lowest BCUT2D eigenvalue weighted by molar-refractivity contribution is -0.135. The molecule has 2 N–H and O–H groups in total. The van der Waals surface area contributed by atoms with Crippen LogP contribution in [0.4, 0.5) is 26.0 Å². The second kappa shape index (κ2) is 16.9. The topological polar surface area (TPSA) is 169 Å². The molecule has 19 heteroatoms. The van der Waals surface area contributed by atoms with Crippen LogP contribution in [0.3, 0.4) is 0 Å². The van der Waals surface area contributed by atoms with E-state index in [4.69, 9.17) is 9.72 Å². The number of ether oxygens (including phenoxy) is 1. The van der Waals surface area contributed by atoms with Gasteiger partial charge in [-0.2, -0.15) is 10.2 Å². The van der Waals surface area contributed by atoms with Gasteiger partial charge in [0.15, 0.2) is 11.3 Å². The number of para-hydroxylation sites is 1. The number of halogens is 2. The number of fused-ring (bicyclic) bond motifs is 2. The van der Waals surface area contributed by atoms with Gasteiger partial charge >= 0.3 is 5.69 Å². The van der Waals surface area contributed by atoms with Crippen LogP contribution in [0.15, 0.2) is 47.7 Å². The van der Waals surface area contributed by atoms with Crippen molar-refractivity contribution in [1.29, 1.82) is 0 Å². The predicted octanol–water partition coefficient (Wildman–Crippen LogP) is 4.69. The van der Waals surface area contributed by atoms with Crippen molar-refractivity contribution >= 4 is 51.6 Å². The van der Waals surface area contributed by atoms with E-state index in [-0.39, 0.29) is 53.9 Å². The van der Waals surface area contributed by atoms with E-state index in [1.54, 1.807) is 22.5 Å². The third-order valence-electron chi connectivity index (χ3n) is 13.3. The minimum Gasteiger partial charge on any atom is -0.372 e. The van der Waals surface area contributed by atoms with Crippen LogP contribution in [0.1, 0.15) is 99.8 Å². The maximum Gasteiger partial charge on any atom is 0.329 e. The summed E-state index contributed by atoms with van der Waals surface area (Å²) in [6.45, 7) is 7.85. The smallest absolute Gasteiger partial charge is 0.329 e. The third-order valence-corrected chi connectivity index (χ3v) is 13.3. The molecule has 0 bridgehead atoms. The van der Waals surface area contributed by atoms with Crippen molar-refractivity contribution < 1.29 is 27.9 Å². The number of anilines is 3. The van der Waals surface area contributed by atoms with Crippen molar-refractivity contribution in [2.45, 2.75) is 102 Å². The standard InChI is InChI=1S/C43H54F2N12O5/c1-25-21-54(22-26(2)62-25)35-16-19-55-40(48-35)30(20-46-55)41(59)47-31-24-56(50-37(31)39(44)45)29-10-8-27(9-11-29)23-51(3)28-14-17-53(18-15-28)32-6-5-7-33-38(32)52(4)43(61)57(33)34-12-13-36(58)49-42(34)60/h5-7,16,19-20,24-29,34,39H,8-15,17-18,21-23H2,1-4H3,(H,47,59)(H,49,58,60)/t25-,26-,27-,29-,34?/m0/s1. The lowest BCUT2D eigenvalue weighted by atomic mass is 9.85. The summed E-state index contributed by atoms with van der Waals surface area (Å²) in [4.78, 5) is 63.2. The van der Waals surface area contributed by atoms with E-state index < -0.39 is 30.0 Å².